The van der Waals surface area contributed by atoms with Gasteiger partial charge in [0, 0.05) is 29.8 Å². The summed E-state index contributed by atoms with van der Waals surface area (Å²) in [6.07, 6.45) is 7.76. The standard InChI is InChI=1S/C20H16N2O3.ClH/c23-20-6-2-3-17(14-20)8-7-16-9-11-21(12-10-16)15-18-4-1-5-19(13-18)22(24)25;/h1-14H,15H2;1H/b8-7+;. The van der Waals surface area contributed by atoms with Crippen LogP contribution in [0.15, 0.2) is 73.1 Å². The van der Waals surface area contributed by atoms with Crippen molar-refractivity contribution >= 4 is 17.8 Å². The van der Waals surface area contributed by atoms with E-state index in [4.69, 9.17) is 0 Å². The van der Waals surface area contributed by atoms with Gasteiger partial charge in [0.25, 0.3) is 5.69 Å². The van der Waals surface area contributed by atoms with Gasteiger partial charge in [-0.2, -0.15) is 0 Å². The van der Waals surface area contributed by atoms with Gasteiger partial charge in [-0.1, -0.05) is 36.4 Å². The summed E-state index contributed by atoms with van der Waals surface area (Å²) in [4.78, 5) is 10.5. The zero-order chi connectivity index (χ0) is 17.6. The van der Waals surface area contributed by atoms with Gasteiger partial charge in [-0.3, -0.25) is 10.1 Å². The number of phenols is 1. The number of nitro groups is 1. The first-order valence-corrected chi connectivity index (χ1v) is 7.80. The third-order valence-corrected chi connectivity index (χ3v) is 3.74. The highest BCUT2D eigenvalue weighted by atomic mass is 35.5. The molecule has 0 spiro atoms. The third kappa shape index (κ3) is 5.16. The Kier molecular flexibility index (Phi) is 6.47. The van der Waals surface area contributed by atoms with Gasteiger partial charge in [0.15, 0.2) is 18.9 Å². The minimum absolute atomic E-state index is 0. The van der Waals surface area contributed by atoms with Gasteiger partial charge in [-0.15, -0.1) is 0 Å². The van der Waals surface area contributed by atoms with Crippen molar-refractivity contribution in [3.63, 3.8) is 0 Å². The maximum Gasteiger partial charge on any atom is 0.269 e. The van der Waals surface area contributed by atoms with Crippen LogP contribution in [0, 0.1) is 10.1 Å². The van der Waals surface area contributed by atoms with Crippen molar-refractivity contribution in [3.05, 3.63) is 99.9 Å². The van der Waals surface area contributed by atoms with Crippen LogP contribution >= 0.6 is 0 Å². The molecule has 2 aromatic carbocycles. The number of nitrogens with zero attached hydrogens (tertiary/aromatic N) is 2. The number of hydrogen-bond donors (Lipinski definition) is 1. The number of aromatic nitrogens is 1. The van der Waals surface area contributed by atoms with Gasteiger partial charge in [-0.05, 0) is 23.3 Å². The molecule has 0 bridgehead atoms. The van der Waals surface area contributed by atoms with E-state index in [9.17, 15) is 15.2 Å². The Hall–Kier alpha value is -3.18. The van der Waals surface area contributed by atoms with Crippen molar-refractivity contribution in [1.82, 2.24) is 0 Å². The molecule has 0 saturated carbocycles. The van der Waals surface area contributed by atoms with Gasteiger partial charge >= 0.3 is 0 Å². The summed E-state index contributed by atoms with van der Waals surface area (Å²) in [5.74, 6) is 0.241. The quantitative estimate of drug-likeness (QED) is 0.412. The van der Waals surface area contributed by atoms with Crippen LogP contribution in [0.4, 0.5) is 5.69 Å². The van der Waals surface area contributed by atoms with Gasteiger partial charge < -0.3 is 17.5 Å². The first-order chi connectivity index (χ1) is 12.1. The number of hydrogen-bond acceptors (Lipinski definition) is 3. The summed E-state index contributed by atoms with van der Waals surface area (Å²) in [6, 6.07) is 17.6. The summed E-state index contributed by atoms with van der Waals surface area (Å²) < 4.78 is 1.96. The lowest BCUT2D eigenvalue weighted by molar-refractivity contribution is -0.688. The van der Waals surface area contributed by atoms with Crippen LogP contribution < -0.4 is 17.0 Å². The van der Waals surface area contributed by atoms with E-state index in [1.54, 1.807) is 30.3 Å². The maximum atomic E-state index is 10.8. The van der Waals surface area contributed by atoms with Crippen LogP contribution in [0.5, 0.6) is 5.75 Å². The van der Waals surface area contributed by atoms with Crippen LogP contribution in [0.1, 0.15) is 16.7 Å². The second-order valence-corrected chi connectivity index (χ2v) is 5.66. The van der Waals surface area contributed by atoms with E-state index in [1.165, 1.54) is 6.07 Å². The predicted octanol–water partition coefficient (Wildman–Crippen LogP) is 0.811. The Labute approximate surface area is 157 Å². The summed E-state index contributed by atoms with van der Waals surface area (Å²) in [7, 11) is 0. The molecule has 0 aliphatic heterocycles. The molecule has 0 unspecified atom stereocenters. The van der Waals surface area contributed by atoms with Crippen molar-refractivity contribution in [3.8, 4) is 5.75 Å². The molecule has 0 amide bonds. The van der Waals surface area contributed by atoms with Crippen molar-refractivity contribution in [2.75, 3.05) is 0 Å². The largest absolute Gasteiger partial charge is 1.00 e. The summed E-state index contributed by atoms with van der Waals surface area (Å²) >= 11 is 0. The van der Waals surface area contributed by atoms with E-state index < -0.39 is 0 Å². The zero-order valence-corrected chi connectivity index (χ0v) is 14.6. The molecule has 3 aromatic rings. The lowest BCUT2D eigenvalue weighted by Crippen LogP contribution is -3.00. The maximum absolute atomic E-state index is 10.8. The average molecular weight is 369 g/mol. The smallest absolute Gasteiger partial charge is 0.269 e. The molecule has 26 heavy (non-hydrogen) atoms. The van der Waals surface area contributed by atoms with Crippen molar-refractivity contribution in [2.45, 2.75) is 6.54 Å². The normalized spacial score (nSPS) is 10.5. The molecule has 6 heteroatoms. The Morgan fingerprint density at radius 2 is 1.65 bits per heavy atom. The highest BCUT2D eigenvalue weighted by Gasteiger charge is 2.08. The van der Waals surface area contributed by atoms with Gasteiger partial charge in [0.05, 0.1) is 4.92 Å². The van der Waals surface area contributed by atoms with Crippen molar-refractivity contribution < 1.29 is 27.0 Å². The fourth-order valence-electron chi connectivity index (χ4n) is 2.49. The van der Waals surface area contributed by atoms with Crippen molar-refractivity contribution in [1.29, 1.82) is 0 Å². The Morgan fingerprint density at radius 3 is 2.35 bits per heavy atom. The molecule has 5 nitrogen and oxygen atoms in total. The molecule has 0 radical (unpaired) electrons. The molecule has 132 valence electrons. The van der Waals surface area contributed by atoms with Crippen LogP contribution in [0.3, 0.4) is 0 Å². The highest BCUT2D eigenvalue weighted by Crippen LogP contribution is 2.14. The monoisotopic (exact) mass is 368 g/mol. The molecule has 0 aliphatic carbocycles. The number of rotatable bonds is 5. The minimum atomic E-state index is -0.385. The molecule has 1 aromatic heterocycles. The molecule has 1 N–H and O–H groups in total. The number of benzene rings is 2. The van der Waals surface area contributed by atoms with E-state index in [1.807, 2.05) is 53.4 Å². The van der Waals surface area contributed by atoms with E-state index in [-0.39, 0.29) is 28.8 Å². The van der Waals surface area contributed by atoms with Gasteiger partial charge in [0.1, 0.15) is 5.75 Å². The average Bonchev–Trinajstić information content (AvgIpc) is 2.61. The molecule has 3 rings (SSSR count). The molecular weight excluding hydrogens is 352 g/mol. The van der Waals surface area contributed by atoms with E-state index in [0.717, 1.165) is 16.7 Å². The summed E-state index contributed by atoms with van der Waals surface area (Å²) in [5.41, 5.74) is 2.93. The lowest BCUT2D eigenvalue weighted by atomic mass is 10.1. The molecule has 0 saturated heterocycles. The van der Waals surface area contributed by atoms with Crippen LogP contribution in [-0.4, -0.2) is 10.0 Å². The fourth-order valence-corrected chi connectivity index (χ4v) is 2.49. The van der Waals surface area contributed by atoms with Crippen LogP contribution in [0.2, 0.25) is 0 Å². The fraction of sp³-hybridized carbons (Fsp3) is 0.0500. The van der Waals surface area contributed by atoms with Gasteiger partial charge in [0.2, 0.25) is 0 Å². The first-order valence-electron chi connectivity index (χ1n) is 7.80. The Bertz CT molecular complexity index is 924. The molecule has 0 atom stereocenters. The topological polar surface area (TPSA) is 67.2 Å². The third-order valence-electron chi connectivity index (χ3n) is 3.74. The number of pyridine rings is 1. The Morgan fingerprint density at radius 1 is 0.962 bits per heavy atom. The van der Waals surface area contributed by atoms with Crippen LogP contribution in [-0.2, 0) is 6.54 Å². The first kappa shape index (κ1) is 19.1. The lowest BCUT2D eigenvalue weighted by Gasteiger charge is -1.99. The SMILES string of the molecule is O=[N+]([O-])c1cccc(C[n+]2ccc(/C=C/c3cccc(O)c3)cc2)c1.[Cl-]. The summed E-state index contributed by atoms with van der Waals surface area (Å²) in [5, 5.41) is 20.3. The van der Waals surface area contributed by atoms with Crippen molar-refractivity contribution in [2.24, 2.45) is 0 Å². The van der Waals surface area contributed by atoms with Crippen LogP contribution in [0.25, 0.3) is 12.2 Å². The number of aromatic hydroxyl groups is 1. The molecule has 0 aliphatic rings. The Balaban J connectivity index is 0.00000243. The zero-order valence-electron chi connectivity index (χ0n) is 13.8. The van der Waals surface area contributed by atoms with E-state index in [2.05, 4.69) is 0 Å². The molecule has 0 fully saturated rings. The van der Waals surface area contributed by atoms with E-state index >= 15 is 0 Å². The number of phenolic OH excluding ortho intramolecular Hbond substituents is 1. The molecular formula is C20H17ClN2O3. The second-order valence-electron chi connectivity index (χ2n) is 5.66. The highest BCUT2D eigenvalue weighted by molar-refractivity contribution is 5.69. The number of nitro benzene ring substituents is 1. The summed E-state index contributed by atoms with van der Waals surface area (Å²) in [6.45, 7) is 0.568. The predicted molar refractivity (Wildman–Crippen MR) is 95.9 cm³/mol. The molecule has 1 heterocycles. The minimum Gasteiger partial charge on any atom is -1.00 e. The number of halogens is 1. The number of non-ortho nitro benzene ring substituents is 1. The van der Waals surface area contributed by atoms with Gasteiger partial charge in [-0.25, -0.2) is 4.57 Å². The van der Waals surface area contributed by atoms with E-state index in [0.29, 0.717) is 6.54 Å². The second kappa shape index (κ2) is 8.78.